The second-order valence-corrected chi connectivity index (χ2v) is 10.7. The van der Waals surface area contributed by atoms with E-state index in [0.29, 0.717) is 0 Å². The summed E-state index contributed by atoms with van der Waals surface area (Å²) in [5.41, 5.74) is 5.58. The summed E-state index contributed by atoms with van der Waals surface area (Å²) in [6, 6.07) is 27.4. The predicted molar refractivity (Wildman–Crippen MR) is 139 cm³/mol. The van der Waals surface area contributed by atoms with Crippen molar-refractivity contribution in [1.29, 1.82) is 0 Å². The van der Waals surface area contributed by atoms with Crippen LogP contribution in [0.3, 0.4) is 0 Å². The van der Waals surface area contributed by atoms with Crippen molar-refractivity contribution in [3.05, 3.63) is 119 Å². The summed E-state index contributed by atoms with van der Waals surface area (Å²) in [4.78, 5) is -0.504. The smallest absolute Gasteiger partial charge is 0.744 e. The van der Waals surface area contributed by atoms with Crippen molar-refractivity contribution in [2.75, 3.05) is 0 Å². The molecule has 0 N–H and O–H groups in total. The fourth-order valence-electron chi connectivity index (χ4n) is 3.45. The molecule has 0 amide bonds. The van der Waals surface area contributed by atoms with Crippen LogP contribution in [0.15, 0.2) is 107 Å². The molecular formula is C28H20Na2O6S2. The summed E-state index contributed by atoms with van der Waals surface area (Å²) in [6.07, 6.45) is 7.48. The normalized spacial score (nSPS) is 11.7. The minimum absolute atomic E-state index is 0. The number of benzene rings is 4. The largest absolute Gasteiger partial charge is 1.00 e. The summed E-state index contributed by atoms with van der Waals surface area (Å²) in [5, 5.41) is 0. The van der Waals surface area contributed by atoms with Gasteiger partial charge in [-0.25, -0.2) is 16.8 Å². The van der Waals surface area contributed by atoms with E-state index < -0.39 is 20.2 Å². The quantitative estimate of drug-likeness (QED) is 0.171. The van der Waals surface area contributed by atoms with E-state index in [1.807, 2.05) is 72.8 Å². The summed E-state index contributed by atoms with van der Waals surface area (Å²) < 4.78 is 66.1. The monoisotopic (exact) mass is 562 g/mol. The van der Waals surface area contributed by atoms with Crippen molar-refractivity contribution in [1.82, 2.24) is 0 Å². The summed E-state index contributed by atoms with van der Waals surface area (Å²) >= 11 is 0. The molecule has 0 aliphatic heterocycles. The van der Waals surface area contributed by atoms with Gasteiger partial charge in [0.25, 0.3) is 0 Å². The van der Waals surface area contributed by atoms with Crippen molar-refractivity contribution in [3.63, 3.8) is 0 Å². The van der Waals surface area contributed by atoms with Crippen LogP contribution in [-0.2, 0) is 20.2 Å². The van der Waals surface area contributed by atoms with Gasteiger partial charge in [0.1, 0.15) is 20.2 Å². The third kappa shape index (κ3) is 9.14. The Morgan fingerprint density at radius 2 is 0.605 bits per heavy atom. The Morgan fingerprint density at radius 3 is 0.816 bits per heavy atom. The van der Waals surface area contributed by atoms with Gasteiger partial charge in [0.05, 0.1) is 9.79 Å². The van der Waals surface area contributed by atoms with Crippen LogP contribution in [-0.4, -0.2) is 25.9 Å². The maximum atomic E-state index is 11.0. The van der Waals surface area contributed by atoms with Gasteiger partial charge in [-0.1, -0.05) is 97.1 Å². The van der Waals surface area contributed by atoms with Crippen LogP contribution < -0.4 is 59.1 Å². The minimum Gasteiger partial charge on any atom is -0.744 e. The standard InChI is InChI=1S/C28H22O6S2.2Na/c29-35(30,31)27-17-9-23(10-18-27)3-1-21-5-13-25(14-6-21)26-15-7-22(8-16-26)2-4-24-11-19-28(20-12-24)36(32,33)34;;/h1-20H,(H,29,30,31)(H,32,33,34);;/q;2*+1/p-2/b3-1+,4-2+;;. The van der Waals surface area contributed by atoms with Crippen molar-refractivity contribution in [2.45, 2.75) is 9.79 Å². The molecule has 0 fully saturated rings. The molecule has 0 unspecified atom stereocenters. The van der Waals surface area contributed by atoms with Crippen molar-refractivity contribution < 1.29 is 85.1 Å². The zero-order valence-corrected chi connectivity index (χ0v) is 26.4. The van der Waals surface area contributed by atoms with Gasteiger partial charge < -0.3 is 9.11 Å². The third-order valence-electron chi connectivity index (χ3n) is 5.43. The van der Waals surface area contributed by atoms with E-state index in [4.69, 9.17) is 0 Å². The minimum atomic E-state index is -4.45. The first-order chi connectivity index (χ1) is 17.1. The van der Waals surface area contributed by atoms with Crippen LogP contribution in [0.2, 0.25) is 0 Å². The first-order valence-corrected chi connectivity index (χ1v) is 13.6. The summed E-state index contributed by atoms with van der Waals surface area (Å²) in [6.45, 7) is 0. The molecule has 0 aromatic heterocycles. The Balaban J connectivity index is 0.00000253. The molecule has 0 heterocycles. The van der Waals surface area contributed by atoms with Crippen LogP contribution in [0, 0.1) is 0 Å². The molecule has 38 heavy (non-hydrogen) atoms. The molecular weight excluding hydrogens is 542 g/mol. The zero-order valence-electron chi connectivity index (χ0n) is 20.8. The Morgan fingerprint density at radius 1 is 0.395 bits per heavy atom. The maximum absolute atomic E-state index is 11.0. The molecule has 0 aliphatic rings. The molecule has 4 rings (SSSR count). The number of rotatable bonds is 7. The van der Waals surface area contributed by atoms with E-state index >= 15 is 0 Å². The Kier molecular flexibility index (Phi) is 11.9. The van der Waals surface area contributed by atoms with Crippen LogP contribution in [0.4, 0.5) is 0 Å². The van der Waals surface area contributed by atoms with E-state index in [-0.39, 0.29) is 68.9 Å². The molecule has 10 heteroatoms. The van der Waals surface area contributed by atoms with E-state index in [2.05, 4.69) is 0 Å². The van der Waals surface area contributed by atoms with Gasteiger partial charge in [-0.2, -0.15) is 0 Å². The van der Waals surface area contributed by atoms with Crippen LogP contribution in [0.1, 0.15) is 22.3 Å². The van der Waals surface area contributed by atoms with Crippen molar-refractivity contribution in [2.24, 2.45) is 0 Å². The topological polar surface area (TPSA) is 114 Å². The van der Waals surface area contributed by atoms with Gasteiger partial charge >= 0.3 is 59.1 Å². The molecule has 6 nitrogen and oxygen atoms in total. The fraction of sp³-hybridized carbons (Fsp3) is 0. The van der Waals surface area contributed by atoms with Gasteiger partial charge in [0, 0.05) is 0 Å². The van der Waals surface area contributed by atoms with E-state index in [0.717, 1.165) is 33.4 Å². The van der Waals surface area contributed by atoms with Crippen LogP contribution >= 0.6 is 0 Å². The fourth-order valence-corrected chi connectivity index (χ4v) is 4.39. The second kappa shape index (κ2) is 14.0. The summed E-state index contributed by atoms with van der Waals surface area (Å²) in [7, 11) is -8.90. The molecule has 0 saturated carbocycles. The second-order valence-electron chi connectivity index (χ2n) is 7.96. The van der Waals surface area contributed by atoms with E-state index in [1.54, 1.807) is 24.3 Å². The predicted octanol–water partition coefficient (Wildman–Crippen LogP) is -0.489. The Bertz CT molecular complexity index is 1500. The summed E-state index contributed by atoms with van der Waals surface area (Å²) in [5.74, 6) is 0. The average Bonchev–Trinajstić information content (AvgIpc) is 2.86. The molecule has 0 saturated heterocycles. The van der Waals surface area contributed by atoms with Crippen molar-refractivity contribution in [3.8, 4) is 11.1 Å². The zero-order chi connectivity index (χ0) is 25.8. The third-order valence-corrected chi connectivity index (χ3v) is 7.13. The molecule has 4 aromatic carbocycles. The van der Waals surface area contributed by atoms with Gasteiger partial charge in [0.2, 0.25) is 0 Å². The van der Waals surface area contributed by atoms with Gasteiger partial charge in [-0.3, -0.25) is 0 Å². The molecule has 0 spiro atoms. The molecule has 182 valence electrons. The Labute approximate surface area is 267 Å². The van der Waals surface area contributed by atoms with Crippen LogP contribution in [0.25, 0.3) is 35.4 Å². The van der Waals surface area contributed by atoms with Gasteiger partial charge in [-0.05, 0) is 57.6 Å². The molecule has 0 radical (unpaired) electrons. The van der Waals surface area contributed by atoms with Crippen LogP contribution in [0.5, 0.6) is 0 Å². The Hall–Kier alpha value is -1.82. The number of hydrogen-bond acceptors (Lipinski definition) is 6. The average molecular weight is 563 g/mol. The molecule has 0 aliphatic carbocycles. The SMILES string of the molecule is O=S(=O)([O-])c1ccc(/C=C/c2ccc(-c3ccc(/C=C/c4ccc(S(=O)(=O)[O-])cc4)cc3)cc2)cc1.[Na+].[Na+]. The van der Waals surface area contributed by atoms with Gasteiger partial charge in [0.15, 0.2) is 0 Å². The maximum Gasteiger partial charge on any atom is 1.00 e. The first kappa shape index (κ1) is 32.4. The molecule has 0 atom stereocenters. The van der Waals surface area contributed by atoms with E-state index in [1.165, 1.54) is 24.3 Å². The van der Waals surface area contributed by atoms with E-state index in [9.17, 15) is 25.9 Å². The first-order valence-electron chi connectivity index (χ1n) is 10.8. The van der Waals surface area contributed by atoms with Crippen molar-refractivity contribution >= 4 is 44.5 Å². The number of hydrogen-bond donors (Lipinski definition) is 0. The van der Waals surface area contributed by atoms with Gasteiger partial charge in [-0.15, -0.1) is 0 Å². The molecule has 0 bridgehead atoms. The molecule has 4 aromatic rings.